The van der Waals surface area contributed by atoms with Gasteiger partial charge in [-0.1, -0.05) is 11.6 Å². The highest BCUT2D eigenvalue weighted by atomic mass is 35.5. The number of methoxy groups -OCH3 is 1. The zero-order chi connectivity index (χ0) is 25.6. The van der Waals surface area contributed by atoms with Crippen LogP contribution in [-0.4, -0.2) is 80.8 Å². The number of halogens is 2. The van der Waals surface area contributed by atoms with Crippen LogP contribution in [0, 0.1) is 5.82 Å². The minimum absolute atomic E-state index is 0.0333. The number of hydrogen-bond acceptors (Lipinski definition) is 8. The van der Waals surface area contributed by atoms with E-state index in [1.807, 2.05) is 0 Å². The summed E-state index contributed by atoms with van der Waals surface area (Å²) in [4.78, 5) is 25.2. The van der Waals surface area contributed by atoms with Gasteiger partial charge in [0, 0.05) is 31.8 Å². The number of ether oxygens (including phenoxy) is 3. The highest BCUT2D eigenvalue weighted by Gasteiger charge is 2.42. The lowest BCUT2D eigenvalue weighted by Crippen LogP contribution is -2.61. The van der Waals surface area contributed by atoms with Crippen LogP contribution < -0.4 is 10.2 Å². The SMILES string of the molecule is COCCOC(=O)N1CCN(S(=O)(=O)c2ccc(Oc3ccc(Cl)cc3)c(F)c2)[C@@H](C(=O)NO)C1. The molecule has 1 atom stereocenters. The van der Waals surface area contributed by atoms with Crippen molar-refractivity contribution in [3.63, 3.8) is 0 Å². The van der Waals surface area contributed by atoms with Crippen LogP contribution in [0.4, 0.5) is 9.18 Å². The summed E-state index contributed by atoms with van der Waals surface area (Å²) in [5.41, 5.74) is 1.40. The van der Waals surface area contributed by atoms with E-state index < -0.39 is 45.3 Å². The summed E-state index contributed by atoms with van der Waals surface area (Å²) in [6.45, 7) is -0.666. The second kappa shape index (κ2) is 11.6. The highest BCUT2D eigenvalue weighted by Crippen LogP contribution is 2.29. The van der Waals surface area contributed by atoms with Gasteiger partial charge in [0.2, 0.25) is 10.0 Å². The lowest BCUT2D eigenvalue weighted by Gasteiger charge is -2.38. The molecule has 0 radical (unpaired) electrons. The molecule has 0 aromatic heterocycles. The van der Waals surface area contributed by atoms with E-state index in [2.05, 4.69) is 0 Å². The molecule has 11 nitrogen and oxygen atoms in total. The summed E-state index contributed by atoms with van der Waals surface area (Å²) >= 11 is 5.81. The van der Waals surface area contributed by atoms with E-state index in [0.717, 1.165) is 27.4 Å². The maximum atomic E-state index is 14.7. The molecule has 0 saturated carbocycles. The quantitative estimate of drug-likeness (QED) is 0.301. The van der Waals surface area contributed by atoms with Crippen LogP contribution in [0.2, 0.25) is 5.02 Å². The molecule has 0 bridgehead atoms. The second-order valence-corrected chi connectivity index (χ2v) is 9.64. The van der Waals surface area contributed by atoms with Crippen molar-refractivity contribution in [2.75, 3.05) is 40.0 Å². The van der Waals surface area contributed by atoms with Gasteiger partial charge in [0.05, 0.1) is 11.5 Å². The number of benzene rings is 2. The fraction of sp³-hybridized carbons (Fsp3) is 0.333. The zero-order valence-electron chi connectivity index (χ0n) is 18.5. The molecule has 14 heteroatoms. The topological polar surface area (TPSA) is 135 Å². The zero-order valence-corrected chi connectivity index (χ0v) is 20.1. The number of amides is 2. The second-order valence-electron chi connectivity index (χ2n) is 7.31. The summed E-state index contributed by atoms with van der Waals surface area (Å²) in [6.07, 6.45) is -0.774. The van der Waals surface area contributed by atoms with Crippen LogP contribution in [0.15, 0.2) is 47.4 Å². The monoisotopic (exact) mass is 531 g/mol. The van der Waals surface area contributed by atoms with Gasteiger partial charge in [-0.05, 0) is 42.5 Å². The Balaban J connectivity index is 1.80. The number of rotatable bonds is 8. The van der Waals surface area contributed by atoms with Gasteiger partial charge >= 0.3 is 6.09 Å². The van der Waals surface area contributed by atoms with E-state index in [-0.39, 0.29) is 37.8 Å². The van der Waals surface area contributed by atoms with Gasteiger partial charge in [-0.15, -0.1) is 0 Å². The molecule has 2 N–H and O–H groups in total. The Bertz CT molecular complexity index is 1170. The van der Waals surface area contributed by atoms with Crippen molar-refractivity contribution in [3.8, 4) is 11.5 Å². The highest BCUT2D eigenvalue weighted by molar-refractivity contribution is 7.89. The molecule has 2 aromatic carbocycles. The van der Waals surface area contributed by atoms with Crippen molar-refractivity contribution in [3.05, 3.63) is 53.3 Å². The van der Waals surface area contributed by atoms with Crippen molar-refractivity contribution in [1.29, 1.82) is 0 Å². The molecule has 0 unspecified atom stereocenters. The van der Waals surface area contributed by atoms with Gasteiger partial charge in [-0.2, -0.15) is 4.31 Å². The van der Waals surface area contributed by atoms with Crippen LogP contribution in [0.5, 0.6) is 11.5 Å². The third-order valence-electron chi connectivity index (χ3n) is 5.07. The van der Waals surface area contributed by atoms with Crippen molar-refractivity contribution in [2.24, 2.45) is 0 Å². The van der Waals surface area contributed by atoms with Gasteiger partial charge in [-0.3, -0.25) is 10.0 Å². The summed E-state index contributed by atoms with van der Waals surface area (Å²) in [5.74, 6) is -1.95. The standard InChI is InChI=1S/C21H23ClFN3O8S/c1-32-10-11-33-21(28)25-8-9-26(18(13-25)20(27)24-29)35(30,31)16-6-7-19(17(23)12-16)34-15-4-2-14(22)3-5-15/h2-7,12,18,29H,8-11,13H2,1H3,(H,24,27)/t18-/m1/s1. The Kier molecular flexibility index (Phi) is 8.86. The molecule has 35 heavy (non-hydrogen) atoms. The first-order valence-corrected chi connectivity index (χ1v) is 12.1. The number of piperazine rings is 1. The number of carbonyl (C=O) groups excluding carboxylic acids is 2. The third kappa shape index (κ3) is 6.38. The number of hydrogen-bond donors (Lipinski definition) is 2. The predicted molar refractivity (Wildman–Crippen MR) is 120 cm³/mol. The molecular formula is C21H23ClFN3O8S. The molecule has 2 amide bonds. The number of hydroxylamine groups is 1. The van der Waals surface area contributed by atoms with Gasteiger partial charge in [0.15, 0.2) is 11.6 Å². The Morgan fingerprint density at radius 2 is 1.89 bits per heavy atom. The van der Waals surface area contributed by atoms with E-state index in [4.69, 9.17) is 31.0 Å². The minimum Gasteiger partial charge on any atom is -0.454 e. The van der Waals surface area contributed by atoms with Gasteiger partial charge in [0.1, 0.15) is 18.4 Å². The van der Waals surface area contributed by atoms with Crippen LogP contribution >= 0.6 is 11.6 Å². The Morgan fingerprint density at radius 3 is 2.51 bits per heavy atom. The molecule has 0 spiro atoms. The van der Waals surface area contributed by atoms with Gasteiger partial charge in [0.25, 0.3) is 5.91 Å². The summed E-state index contributed by atoms with van der Waals surface area (Å²) < 4.78 is 57.2. The minimum atomic E-state index is -4.40. The number of nitrogens with one attached hydrogen (secondary N) is 1. The van der Waals surface area contributed by atoms with E-state index in [1.54, 1.807) is 12.1 Å². The summed E-state index contributed by atoms with van der Waals surface area (Å²) in [5, 5.41) is 9.58. The van der Waals surface area contributed by atoms with Crippen LogP contribution in [0.25, 0.3) is 0 Å². The van der Waals surface area contributed by atoms with Crippen LogP contribution in [0.1, 0.15) is 0 Å². The van der Waals surface area contributed by atoms with Gasteiger partial charge in [-0.25, -0.2) is 23.1 Å². The normalized spacial score (nSPS) is 16.6. The fourth-order valence-corrected chi connectivity index (χ4v) is 5.01. The average Bonchev–Trinajstić information content (AvgIpc) is 2.85. The molecule has 2 aromatic rings. The molecule has 0 aliphatic carbocycles. The third-order valence-corrected chi connectivity index (χ3v) is 7.22. The first kappa shape index (κ1) is 26.6. The van der Waals surface area contributed by atoms with Crippen molar-refractivity contribution < 1.29 is 41.8 Å². The largest absolute Gasteiger partial charge is 0.454 e. The Morgan fingerprint density at radius 1 is 1.17 bits per heavy atom. The van der Waals surface area contributed by atoms with Crippen LogP contribution in [-0.2, 0) is 24.3 Å². The van der Waals surface area contributed by atoms with E-state index in [1.165, 1.54) is 24.7 Å². The number of carbonyl (C=O) groups is 2. The Labute approximate surface area is 205 Å². The molecular weight excluding hydrogens is 509 g/mol. The van der Waals surface area contributed by atoms with Crippen LogP contribution in [0.3, 0.4) is 0 Å². The van der Waals surface area contributed by atoms with Crippen molar-refractivity contribution in [1.82, 2.24) is 14.7 Å². The maximum Gasteiger partial charge on any atom is 0.409 e. The first-order valence-electron chi connectivity index (χ1n) is 10.3. The fourth-order valence-electron chi connectivity index (χ4n) is 3.30. The lowest BCUT2D eigenvalue weighted by molar-refractivity contribution is -0.134. The molecule has 190 valence electrons. The molecule has 1 aliphatic rings. The van der Waals surface area contributed by atoms with Crippen molar-refractivity contribution in [2.45, 2.75) is 10.9 Å². The van der Waals surface area contributed by atoms with Gasteiger partial charge < -0.3 is 19.1 Å². The number of nitrogens with zero attached hydrogens (tertiary/aromatic N) is 2. The van der Waals surface area contributed by atoms with Crippen molar-refractivity contribution >= 4 is 33.6 Å². The lowest BCUT2D eigenvalue weighted by atomic mass is 10.2. The average molecular weight is 532 g/mol. The molecule has 1 saturated heterocycles. The molecule has 3 rings (SSSR count). The van der Waals surface area contributed by atoms with E-state index >= 15 is 0 Å². The smallest absolute Gasteiger partial charge is 0.409 e. The molecule has 1 aliphatic heterocycles. The van der Waals surface area contributed by atoms with E-state index in [0.29, 0.717) is 5.02 Å². The number of sulfonamides is 1. The molecule has 1 fully saturated rings. The maximum absolute atomic E-state index is 14.7. The summed E-state index contributed by atoms with van der Waals surface area (Å²) in [6, 6.07) is 7.68. The Hall–Kier alpha value is -2.97. The predicted octanol–water partition coefficient (Wildman–Crippen LogP) is 2.23. The first-order chi connectivity index (χ1) is 16.7. The van der Waals surface area contributed by atoms with E-state index in [9.17, 15) is 22.4 Å². The molecule has 1 heterocycles. The summed E-state index contributed by atoms with van der Waals surface area (Å²) in [7, 11) is -2.98.